The summed E-state index contributed by atoms with van der Waals surface area (Å²) in [5.41, 5.74) is -2.01. The highest BCUT2D eigenvalue weighted by Gasteiger charge is 2.35. The minimum Gasteiger partial charge on any atom is -0.504 e. The van der Waals surface area contributed by atoms with Gasteiger partial charge in [-0.05, 0) is 6.92 Å². The van der Waals surface area contributed by atoms with Crippen LogP contribution < -0.4 is 0 Å². The molecule has 0 atom stereocenters. The van der Waals surface area contributed by atoms with Gasteiger partial charge in [-0.2, -0.15) is 18.3 Å². The van der Waals surface area contributed by atoms with Crippen molar-refractivity contribution in [3.63, 3.8) is 0 Å². The Kier molecular flexibility index (Phi) is 3.05. The van der Waals surface area contributed by atoms with Crippen molar-refractivity contribution >= 4 is 11.6 Å². The van der Waals surface area contributed by atoms with Crippen LogP contribution in [0.3, 0.4) is 0 Å². The molecule has 2 rings (SSSR count). The molecule has 2 aromatic rings. The average molecular weight is 275 g/mol. The van der Waals surface area contributed by atoms with Gasteiger partial charge < -0.3 is 9.84 Å². The molecule has 0 aromatic carbocycles. The van der Waals surface area contributed by atoms with Crippen molar-refractivity contribution in [2.45, 2.75) is 13.1 Å². The molecule has 0 amide bonds. The van der Waals surface area contributed by atoms with Gasteiger partial charge in [0, 0.05) is 0 Å². The Balaban J connectivity index is 2.56. The molecular weight excluding hydrogens is 267 g/mol. The lowest BCUT2D eigenvalue weighted by Gasteiger charge is -2.04. The molecule has 0 saturated heterocycles. The van der Waals surface area contributed by atoms with E-state index in [1.54, 1.807) is 6.92 Å². The van der Waals surface area contributed by atoms with Gasteiger partial charge in [0.1, 0.15) is 5.56 Å². The number of hydrogen-bond acceptors (Lipinski definition) is 5. The van der Waals surface area contributed by atoms with Crippen molar-refractivity contribution in [2.24, 2.45) is 0 Å². The first-order valence-corrected chi connectivity index (χ1v) is 5.16. The number of alkyl halides is 3. The van der Waals surface area contributed by atoms with Gasteiger partial charge in [0.15, 0.2) is 17.1 Å². The lowest BCUT2D eigenvalue weighted by Crippen LogP contribution is -2.07. The molecule has 0 unspecified atom stereocenters. The lowest BCUT2D eigenvalue weighted by molar-refractivity contribution is -0.140. The Morgan fingerprint density at radius 2 is 2.21 bits per heavy atom. The number of esters is 1. The Labute approximate surface area is 104 Å². The molecule has 2 aromatic heterocycles. The topological polar surface area (TPSA) is 76.7 Å². The van der Waals surface area contributed by atoms with Gasteiger partial charge >= 0.3 is 12.1 Å². The molecule has 9 heteroatoms. The first-order chi connectivity index (χ1) is 8.84. The molecule has 0 aliphatic heterocycles. The SMILES string of the molecule is CCOC(=O)c1cnn2cc(C(F)(F)F)nc2c1O. The summed E-state index contributed by atoms with van der Waals surface area (Å²) in [5.74, 6) is -1.59. The molecule has 0 bridgehead atoms. The standard InChI is InChI=1S/C10H8F3N3O3/c1-2-19-9(18)5-3-14-16-4-6(10(11,12)13)15-8(16)7(5)17/h3-4,17H,2H2,1H3. The van der Waals surface area contributed by atoms with Gasteiger partial charge in [-0.1, -0.05) is 0 Å². The fourth-order valence-corrected chi connectivity index (χ4v) is 1.42. The van der Waals surface area contributed by atoms with Gasteiger partial charge in [0.25, 0.3) is 0 Å². The summed E-state index contributed by atoms with van der Waals surface area (Å²) in [7, 11) is 0. The quantitative estimate of drug-likeness (QED) is 0.843. The third-order valence-electron chi connectivity index (χ3n) is 2.25. The highest BCUT2D eigenvalue weighted by atomic mass is 19.4. The van der Waals surface area contributed by atoms with Crippen molar-refractivity contribution in [2.75, 3.05) is 6.61 Å². The number of hydrogen-bond donors (Lipinski definition) is 1. The largest absolute Gasteiger partial charge is 0.504 e. The molecule has 1 N–H and O–H groups in total. The molecule has 6 nitrogen and oxygen atoms in total. The highest BCUT2D eigenvalue weighted by molar-refractivity contribution is 5.94. The number of aromatic hydroxyl groups is 1. The minimum absolute atomic E-state index is 0.0612. The van der Waals surface area contributed by atoms with Crippen LogP contribution in [0, 0.1) is 0 Å². The zero-order valence-corrected chi connectivity index (χ0v) is 9.60. The van der Waals surface area contributed by atoms with Crippen molar-refractivity contribution in [1.82, 2.24) is 14.6 Å². The normalized spacial score (nSPS) is 11.8. The highest BCUT2D eigenvalue weighted by Crippen LogP contribution is 2.31. The summed E-state index contributed by atoms with van der Waals surface area (Å²) in [6, 6.07) is 0. The van der Waals surface area contributed by atoms with Crippen molar-refractivity contribution in [1.29, 1.82) is 0 Å². The van der Waals surface area contributed by atoms with E-state index in [2.05, 4.69) is 14.8 Å². The zero-order valence-electron chi connectivity index (χ0n) is 9.60. The molecule has 2 heterocycles. The fourth-order valence-electron chi connectivity index (χ4n) is 1.42. The molecule has 0 aliphatic rings. The van der Waals surface area contributed by atoms with Crippen LogP contribution in [0.1, 0.15) is 23.0 Å². The van der Waals surface area contributed by atoms with Crippen LogP contribution in [-0.4, -0.2) is 32.3 Å². The summed E-state index contributed by atoms with van der Waals surface area (Å²) >= 11 is 0. The van der Waals surface area contributed by atoms with E-state index in [4.69, 9.17) is 0 Å². The average Bonchev–Trinajstić information content (AvgIpc) is 2.74. The molecular formula is C10H8F3N3O3. The summed E-state index contributed by atoms with van der Waals surface area (Å²) in [5, 5.41) is 13.3. The summed E-state index contributed by atoms with van der Waals surface area (Å²) in [4.78, 5) is 14.6. The maximum absolute atomic E-state index is 12.5. The number of halogens is 3. The second kappa shape index (κ2) is 4.41. The second-order valence-electron chi connectivity index (χ2n) is 3.52. The zero-order chi connectivity index (χ0) is 14.2. The third-order valence-corrected chi connectivity index (χ3v) is 2.25. The van der Waals surface area contributed by atoms with E-state index in [0.29, 0.717) is 6.20 Å². The third kappa shape index (κ3) is 2.30. The van der Waals surface area contributed by atoms with Crippen LogP contribution in [0.5, 0.6) is 5.75 Å². The number of imidazole rings is 1. The number of carbonyl (C=O) groups is 1. The molecule has 0 fully saturated rings. The van der Waals surface area contributed by atoms with Crippen LogP contribution in [-0.2, 0) is 10.9 Å². The van der Waals surface area contributed by atoms with E-state index in [-0.39, 0.29) is 12.2 Å². The Bertz CT molecular complexity index is 636. The van der Waals surface area contributed by atoms with Gasteiger partial charge in [-0.3, -0.25) is 0 Å². The van der Waals surface area contributed by atoms with E-state index in [1.165, 1.54) is 0 Å². The van der Waals surface area contributed by atoms with Crippen LogP contribution in [0.4, 0.5) is 13.2 Å². The lowest BCUT2D eigenvalue weighted by atomic mass is 10.3. The van der Waals surface area contributed by atoms with Crippen LogP contribution in [0.25, 0.3) is 5.65 Å². The van der Waals surface area contributed by atoms with Crippen molar-refractivity contribution < 1.29 is 27.8 Å². The molecule has 0 saturated carbocycles. The molecule has 0 spiro atoms. The Hall–Kier alpha value is -2.32. The predicted octanol–water partition coefficient (Wildman–Crippen LogP) is 1.63. The van der Waals surface area contributed by atoms with E-state index < -0.39 is 29.2 Å². The van der Waals surface area contributed by atoms with E-state index in [9.17, 15) is 23.1 Å². The molecule has 19 heavy (non-hydrogen) atoms. The van der Waals surface area contributed by atoms with Crippen molar-refractivity contribution in [3.8, 4) is 5.75 Å². The first-order valence-electron chi connectivity index (χ1n) is 5.16. The number of aromatic nitrogens is 3. The Morgan fingerprint density at radius 3 is 2.79 bits per heavy atom. The van der Waals surface area contributed by atoms with E-state index in [1.807, 2.05) is 0 Å². The summed E-state index contributed by atoms with van der Waals surface area (Å²) < 4.78 is 42.8. The number of fused-ring (bicyclic) bond motifs is 1. The summed E-state index contributed by atoms with van der Waals surface area (Å²) in [6.07, 6.45) is -3.13. The second-order valence-corrected chi connectivity index (χ2v) is 3.52. The number of carbonyl (C=O) groups excluding carboxylic acids is 1. The predicted molar refractivity (Wildman–Crippen MR) is 55.6 cm³/mol. The number of ether oxygens (including phenoxy) is 1. The fraction of sp³-hybridized carbons (Fsp3) is 0.300. The molecule has 0 aliphatic carbocycles. The maximum atomic E-state index is 12.5. The maximum Gasteiger partial charge on any atom is 0.434 e. The number of nitrogens with zero attached hydrogens (tertiary/aromatic N) is 3. The molecule has 102 valence electrons. The molecule has 0 radical (unpaired) electrons. The minimum atomic E-state index is -4.66. The van der Waals surface area contributed by atoms with Crippen LogP contribution in [0.15, 0.2) is 12.4 Å². The first kappa shape index (κ1) is 13.1. The van der Waals surface area contributed by atoms with Crippen LogP contribution >= 0.6 is 0 Å². The van der Waals surface area contributed by atoms with Gasteiger partial charge in [-0.25, -0.2) is 14.3 Å². The van der Waals surface area contributed by atoms with Gasteiger partial charge in [-0.15, -0.1) is 0 Å². The smallest absolute Gasteiger partial charge is 0.434 e. The van der Waals surface area contributed by atoms with E-state index >= 15 is 0 Å². The van der Waals surface area contributed by atoms with Crippen LogP contribution in [0.2, 0.25) is 0 Å². The Morgan fingerprint density at radius 1 is 1.53 bits per heavy atom. The monoisotopic (exact) mass is 275 g/mol. The van der Waals surface area contributed by atoms with Crippen molar-refractivity contribution in [3.05, 3.63) is 23.7 Å². The van der Waals surface area contributed by atoms with E-state index in [0.717, 1.165) is 10.7 Å². The summed E-state index contributed by atoms with van der Waals surface area (Å²) in [6.45, 7) is 1.61. The van der Waals surface area contributed by atoms with Gasteiger partial charge in [0.05, 0.1) is 19.0 Å². The number of rotatable bonds is 2. The van der Waals surface area contributed by atoms with Gasteiger partial charge in [0.2, 0.25) is 0 Å².